The Morgan fingerprint density at radius 3 is 2.89 bits per heavy atom. The van der Waals surface area contributed by atoms with Gasteiger partial charge in [0.05, 0.1) is 12.0 Å². The first-order chi connectivity index (χ1) is 8.66. The summed E-state index contributed by atoms with van der Waals surface area (Å²) in [6, 6.07) is 1.75. The van der Waals surface area contributed by atoms with Gasteiger partial charge in [-0.15, -0.1) is 0 Å². The van der Waals surface area contributed by atoms with Crippen molar-refractivity contribution in [3.05, 3.63) is 18.0 Å². The molecule has 3 N–H and O–H groups in total. The van der Waals surface area contributed by atoms with E-state index in [1.54, 1.807) is 6.07 Å². The molecule has 0 bridgehead atoms. The van der Waals surface area contributed by atoms with Crippen molar-refractivity contribution in [2.45, 2.75) is 39.2 Å². The molecule has 1 fully saturated rings. The number of hydrogen-bond acceptors (Lipinski definition) is 4. The summed E-state index contributed by atoms with van der Waals surface area (Å²) in [7, 11) is 0. The van der Waals surface area contributed by atoms with Gasteiger partial charge >= 0.3 is 0 Å². The van der Waals surface area contributed by atoms with E-state index in [0.717, 1.165) is 31.4 Å². The van der Waals surface area contributed by atoms with Crippen molar-refractivity contribution in [3.63, 3.8) is 0 Å². The highest BCUT2D eigenvalue weighted by atomic mass is 16.5. The lowest BCUT2D eigenvalue weighted by Crippen LogP contribution is -2.47. The topological polar surface area (TPSA) is 81.2 Å². The molecule has 1 aliphatic carbocycles. The van der Waals surface area contributed by atoms with Crippen LogP contribution in [0.25, 0.3) is 0 Å². The Kier molecular flexibility index (Phi) is 4.01. The van der Waals surface area contributed by atoms with Crippen LogP contribution in [0.1, 0.15) is 38.3 Å². The Bertz CT molecular complexity index is 381. The van der Waals surface area contributed by atoms with Crippen LogP contribution < -0.4 is 11.1 Å². The standard InChI is InChI=1S/C13H21N3O2/c1-10-2-5-13(9-14,6-3-10)12(17)15-8-11-4-7-18-16-11/h4,7,10H,2-3,5-6,8-9,14H2,1H3,(H,15,17). The first-order valence-corrected chi connectivity index (χ1v) is 6.54. The molecule has 1 aromatic heterocycles. The third-order valence-electron chi connectivity index (χ3n) is 4.03. The Morgan fingerprint density at radius 1 is 1.61 bits per heavy atom. The third-order valence-corrected chi connectivity index (χ3v) is 4.03. The number of nitrogens with two attached hydrogens (primary N) is 1. The average Bonchev–Trinajstić information content (AvgIpc) is 2.90. The maximum absolute atomic E-state index is 12.3. The highest BCUT2D eigenvalue weighted by Crippen LogP contribution is 2.38. The van der Waals surface area contributed by atoms with Crippen LogP contribution in [0.3, 0.4) is 0 Å². The first-order valence-electron chi connectivity index (χ1n) is 6.54. The van der Waals surface area contributed by atoms with Gasteiger partial charge in [0.15, 0.2) is 0 Å². The van der Waals surface area contributed by atoms with Crippen LogP contribution in [0.5, 0.6) is 0 Å². The largest absolute Gasteiger partial charge is 0.364 e. The van der Waals surface area contributed by atoms with Gasteiger partial charge in [-0.3, -0.25) is 4.79 Å². The molecule has 0 saturated heterocycles. The van der Waals surface area contributed by atoms with E-state index in [4.69, 9.17) is 10.3 Å². The minimum Gasteiger partial charge on any atom is -0.364 e. The second kappa shape index (κ2) is 5.52. The van der Waals surface area contributed by atoms with E-state index in [0.29, 0.717) is 19.0 Å². The van der Waals surface area contributed by atoms with Crippen LogP contribution in [0.2, 0.25) is 0 Å². The molecule has 0 aliphatic heterocycles. The van der Waals surface area contributed by atoms with Crippen molar-refractivity contribution in [2.24, 2.45) is 17.1 Å². The second-order valence-corrected chi connectivity index (χ2v) is 5.34. The lowest BCUT2D eigenvalue weighted by atomic mass is 9.70. The average molecular weight is 251 g/mol. The van der Waals surface area contributed by atoms with Crippen LogP contribution in [-0.4, -0.2) is 17.6 Å². The van der Waals surface area contributed by atoms with Gasteiger partial charge in [0, 0.05) is 12.6 Å². The van der Waals surface area contributed by atoms with Crippen molar-refractivity contribution in [1.29, 1.82) is 0 Å². The minimum absolute atomic E-state index is 0.0555. The van der Waals surface area contributed by atoms with Crippen molar-refractivity contribution in [3.8, 4) is 0 Å². The number of nitrogens with zero attached hydrogens (tertiary/aromatic N) is 1. The fourth-order valence-electron chi connectivity index (χ4n) is 2.53. The molecule has 0 radical (unpaired) electrons. The molecule has 1 heterocycles. The van der Waals surface area contributed by atoms with E-state index < -0.39 is 0 Å². The lowest BCUT2D eigenvalue weighted by molar-refractivity contribution is -0.133. The summed E-state index contributed by atoms with van der Waals surface area (Å²) >= 11 is 0. The van der Waals surface area contributed by atoms with Crippen LogP contribution >= 0.6 is 0 Å². The molecule has 0 aromatic carbocycles. The van der Waals surface area contributed by atoms with Gasteiger partial charge in [0.2, 0.25) is 5.91 Å². The van der Waals surface area contributed by atoms with Crippen LogP contribution in [-0.2, 0) is 11.3 Å². The highest BCUT2D eigenvalue weighted by Gasteiger charge is 2.39. The van der Waals surface area contributed by atoms with Gasteiger partial charge in [0.25, 0.3) is 0 Å². The summed E-state index contributed by atoms with van der Waals surface area (Å²) in [6.07, 6.45) is 5.43. The molecule has 1 aromatic rings. The zero-order valence-corrected chi connectivity index (χ0v) is 10.8. The number of hydrogen-bond donors (Lipinski definition) is 2. The summed E-state index contributed by atoms with van der Waals surface area (Å²) < 4.78 is 4.73. The minimum atomic E-state index is -0.379. The molecular formula is C13H21N3O2. The quantitative estimate of drug-likeness (QED) is 0.848. The van der Waals surface area contributed by atoms with Crippen LogP contribution in [0.4, 0.5) is 0 Å². The number of carbonyl (C=O) groups excluding carboxylic acids is 1. The molecule has 1 amide bonds. The molecule has 5 heteroatoms. The highest BCUT2D eigenvalue weighted by molar-refractivity contribution is 5.82. The number of rotatable bonds is 4. The predicted molar refractivity (Wildman–Crippen MR) is 67.5 cm³/mol. The summed E-state index contributed by atoms with van der Waals surface area (Å²) in [4.78, 5) is 12.3. The Morgan fingerprint density at radius 2 is 2.33 bits per heavy atom. The number of nitrogens with one attached hydrogen (secondary N) is 1. The molecule has 18 heavy (non-hydrogen) atoms. The Balaban J connectivity index is 1.93. The van der Waals surface area contributed by atoms with Gasteiger partial charge < -0.3 is 15.6 Å². The lowest BCUT2D eigenvalue weighted by Gasteiger charge is -2.37. The first kappa shape index (κ1) is 13.1. The fraction of sp³-hybridized carbons (Fsp3) is 0.692. The molecular weight excluding hydrogens is 230 g/mol. The maximum Gasteiger partial charge on any atom is 0.227 e. The van der Waals surface area contributed by atoms with E-state index in [1.807, 2.05) is 0 Å². The molecule has 1 aliphatic rings. The second-order valence-electron chi connectivity index (χ2n) is 5.34. The van der Waals surface area contributed by atoms with Gasteiger partial charge in [-0.25, -0.2) is 0 Å². The van der Waals surface area contributed by atoms with E-state index >= 15 is 0 Å². The van der Waals surface area contributed by atoms with Gasteiger partial charge in [-0.1, -0.05) is 12.1 Å². The zero-order chi connectivity index (χ0) is 13.0. The predicted octanol–water partition coefficient (Wildman–Crippen LogP) is 1.45. The van der Waals surface area contributed by atoms with Gasteiger partial charge in [-0.05, 0) is 31.6 Å². The Hall–Kier alpha value is -1.36. The van der Waals surface area contributed by atoms with Crippen LogP contribution in [0, 0.1) is 11.3 Å². The molecule has 2 rings (SSSR count). The summed E-state index contributed by atoms with van der Waals surface area (Å²) in [5, 5.41) is 6.69. The van der Waals surface area contributed by atoms with Crippen molar-refractivity contribution >= 4 is 5.91 Å². The summed E-state index contributed by atoms with van der Waals surface area (Å²) in [5.41, 5.74) is 6.20. The molecule has 5 nitrogen and oxygen atoms in total. The molecule has 0 spiro atoms. The zero-order valence-electron chi connectivity index (χ0n) is 10.8. The smallest absolute Gasteiger partial charge is 0.227 e. The van der Waals surface area contributed by atoms with Gasteiger partial charge in [0.1, 0.15) is 12.0 Å². The van der Waals surface area contributed by atoms with Gasteiger partial charge in [-0.2, -0.15) is 0 Å². The third kappa shape index (κ3) is 2.72. The molecule has 1 saturated carbocycles. The van der Waals surface area contributed by atoms with E-state index in [1.165, 1.54) is 6.26 Å². The molecule has 0 unspecified atom stereocenters. The maximum atomic E-state index is 12.3. The van der Waals surface area contributed by atoms with Crippen molar-refractivity contribution < 1.29 is 9.32 Å². The van der Waals surface area contributed by atoms with E-state index in [9.17, 15) is 4.79 Å². The molecule has 100 valence electrons. The Labute approximate surface area is 107 Å². The molecule has 0 atom stereocenters. The number of aromatic nitrogens is 1. The van der Waals surface area contributed by atoms with Crippen LogP contribution in [0.15, 0.2) is 16.9 Å². The van der Waals surface area contributed by atoms with Crippen molar-refractivity contribution in [2.75, 3.05) is 6.54 Å². The van der Waals surface area contributed by atoms with Crippen molar-refractivity contribution in [1.82, 2.24) is 10.5 Å². The number of amides is 1. The summed E-state index contributed by atoms with van der Waals surface area (Å²) in [6.45, 7) is 3.06. The van der Waals surface area contributed by atoms with E-state index in [2.05, 4.69) is 17.4 Å². The normalized spacial score (nSPS) is 28.0. The summed E-state index contributed by atoms with van der Waals surface area (Å²) in [5.74, 6) is 0.757. The number of carbonyl (C=O) groups is 1. The SMILES string of the molecule is CC1CCC(CN)(C(=O)NCc2ccon2)CC1. The monoisotopic (exact) mass is 251 g/mol. The van der Waals surface area contributed by atoms with E-state index in [-0.39, 0.29) is 11.3 Å². The fourth-order valence-corrected chi connectivity index (χ4v) is 2.53.